The summed E-state index contributed by atoms with van der Waals surface area (Å²) in [6.45, 7) is 5.64. The van der Waals surface area contributed by atoms with Crippen LogP contribution in [0.1, 0.15) is 35.2 Å². The lowest BCUT2D eigenvalue weighted by Crippen LogP contribution is -2.39. The van der Waals surface area contributed by atoms with Crippen molar-refractivity contribution in [3.63, 3.8) is 0 Å². The van der Waals surface area contributed by atoms with Crippen LogP contribution in [0.3, 0.4) is 0 Å². The number of hydrogen-bond donors (Lipinski definition) is 2. The molecule has 6 heteroatoms. The van der Waals surface area contributed by atoms with E-state index in [9.17, 15) is 9.59 Å². The Labute approximate surface area is 117 Å². The molecular formula is C14H20N2O4. The largest absolute Gasteiger partial charge is 0.475 e. The standard InChI is InChI=1S/C14H20N2O4/c1-9-6-10(20-11(9)12(17)18)7-16-5-4-14(2,8-16)13(19)15-3/h6H,4-5,7-8H2,1-3H3,(H,15,19)(H,17,18). The zero-order valence-corrected chi connectivity index (χ0v) is 12.0. The Hall–Kier alpha value is -1.82. The summed E-state index contributed by atoms with van der Waals surface area (Å²) in [6.07, 6.45) is 0.790. The molecule has 0 aromatic carbocycles. The van der Waals surface area contributed by atoms with E-state index >= 15 is 0 Å². The molecule has 110 valence electrons. The monoisotopic (exact) mass is 280 g/mol. The van der Waals surface area contributed by atoms with Crippen LogP contribution in [0.5, 0.6) is 0 Å². The summed E-state index contributed by atoms with van der Waals surface area (Å²) in [7, 11) is 1.64. The number of aryl methyl sites for hydroxylation is 1. The van der Waals surface area contributed by atoms with Crippen molar-refractivity contribution in [2.24, 2.45) is 5.41 Å². The van der Waals surface area contributed by atoms with Gasteiger partial charge in [-0.15, -0.1) is 0 Å². The Morgan fingerprint density at radius 2 is 2.25 bits per heavy atom. The van der Waals surface area contributed by atoms with Crippen LogP contribution >= 0.6 is 0 Å². The van der Waals surface area contributed by atoms with Gasteiger partial charge < -0.3 is 14.8 Å². The highest BCUT2D eigenvalue weighted by molar-refractivity contribution is 5.86. The Balaban J connectivity index is 2.04. The molecule has 1 aromatic heterocycles. The third-order valence-electron chi connectivity index (χ3n) is 3.87. The number of carboxylic acids is 1. The molecule has 1 unspecified atom stereocenters. The lowest BCUT2D eigenvalue weighted by Gasteiger charge is -2.22. The maximum atomic E-state index is 11.8. The normalized spacial score (nSPS) is 22.9. The van der Waals surface area contributed by atoms with Gasteiger partial charge in [0.25, 0.3) is 0 Å². The molecule has 1 aliphatic rings. The average molecular weight is 280 g/mol. The molecule has 1 fully saturated rings. The number of carboxylic acid groups (broad SMARTS) is 1. The van der Waals surface area contributed by atoms with Gasteiger partial charge in [-0.1, -0.05) is 0 Å². The second-order valence-electron chi connectivity index (χ2n) is 5.63. The lowest BCUT2D eigenvalue weighted by molar-refractivity contribution is -0.129. The van der Waals surface area contributed by atoms with Gasteiger partial charge in [0.2, 0.25) is 11.7 Å². The maximum Gasteiger partial charge on any atom is 0.372 e. The summed E-state index contributed by atoms with van der Waals surface area (Å²) in [6, 6.07) is 1.75. The van der Waals surface area contributed by atoms with Gasteiger partial charge in [-0.05, 0) is 32.9 Å². The fourth-order valence-corrected chi connectivity index (χ4v) is 2.74. The van der Waals surface area contributed by atoms with Crippen molar-refractivity contribution in [2.45, 2.75) is 26.8 Å². The number of carbonyl (C=O) groups is 2. The van der Waals surface area contributed by atoms with E-state index in [1.54, 1.807) is 20.0 Å². The van der Waals surface area contributed by atoms with E-state index in [0.717, 1.165) is 13.0 Å². The van der Waals surface area contributed by atoms with E-state index in [2.05, 4.69) is 10.2 Å². The van der Waals surface area contributed by atoms with E-state index in [1.807, 2.05) is 6.92 Å². The third kappa shape index (κ3) is 2.70. The van der Waals surface area contributed by atoms with Crippen molar-refractivity contribution in [3.8, 4) is 0 Å². The highest BCUT2D eigenvalue weighted by Crippen LogP contribution is 2.31. The summed E-state index contributed by atoms with van der Waals surface area (Å²) >= 11 is 0. The Bertz CT molecular complexity index is 537. The van der Waals surface area contributed by atoms with Crippen LogP contribution in [-0.4, -0.2) is 42.0 Å². The third-order valence-corrected chi connectivity index (χ3v) is 3.87. The van der Waals surface area contributed by atoms with Crippen LogP contribution < -0.4 is 5.32 Å². The average Bonchev–Trinajstić information content (AvgIpc) is 2.93. The number of furan rings is 1. The van der Waals surface area contributed by atoms with E-state index in [1.165, 1.54) is 0 Å². The molecule has 1 amide bonds. The predicted molar refractivity (Wildman–Crippen MR) is 72.5 cm³/mol. The fraction of sp³-hybridized carbons (Fsp3) is 0.571. The molecule has 1 saturated heterocycles. The van der Waals surface area contributed by atoms with Crippen LogP contribution in [-0.2, 0) is 11.3 Å². The number of likely N-dealkylation sites (tertiary alicyclic amines) is 1. The molecule has 0 spiro atoms. The highest BCUT2D eigenvalue weighted by atomic mass is 16.4. The molecule has 6 nitrogen and oxygen atoms in total. The first kappa shape index (κ1) is 14.6. The first-order chi connectivity index (χ1) is 9.35. The Morgan fingerprint density at radius 3 is 2.80 bits per heavy atom. The second kappa shape index (κ2) is 5.28. The van der Waals surface area contributed by atoms with E-state index in [-0.39, 0.29) is 17.1 Å². The van der Waals surface area contributed by atoms with E-state index in [4.69, 9.17) is 9.52 Å². The quantitative estimate of drug-likeness (QED) is 0.867. The summed E-state index contributed by atoms with van der Waals surface area (Å²) < 4.78 is 5.35. The number of carbonyl (C=O) groups excluding carboxylic acids is 1. The van der Waals surface area contributed by atoms with E-state index in [0.29, 0.717) is 24.4 Å². The fourth-order valence-electron chi connectivity index (χ4n) is 2.74. The van der Waals surface area contributed by atoms with Crippen molar-refractivity contribution in [1.82, 2.24) is 10.2 Å². The van der Waals surface area contributed by atoms with Crippen molar-refractivity contribution in [2.75, 3.05) is 20.1 Å². The van der Waals surface area contributed by atoms with Crippen LogP contribution in [0.25, 0.3) is 0 Å². The van der Waals surface area contributed by atoms with Gasteiger partial charge in [-0.25, -0.2) is 4.79 Å². The molecule has 0 saturated carbocycles. The van der Waals surface area contributed by atoms with Crippen molar-refractivity contribution in [1.29, 1.82) is 0 Å². The molecule has 0 aliphatic carbocycles. The van der Waals surface area contributed by atoms with Gasteiger partial charge in [-0.3, -0.25) is 9.69 Å². The Morgan fingerprint density at radius 1 is 1.55 bits per heavy atom. The molecule has 1 aromatic rings. The van der Waals surface area contributed by atoms with Crippen molar-refractivity contribution >= 4 is 11.9 Å². The second-order valence-corrected chi connectivity index (χ2v) is 5.63. The maximum absolute atomic E-state index is 11.8. The lowest BCUT2D eigenvalue weighted by atomic mass is 9.89. The number of nitrogens with one attached hydrogen (secondary N) is 1. The molecule has 0 bridgehead atoms. The van der Waals surface area contributed by atoms with Gasteiger partial charge >= 0.3 is 5.97 Å². The van der Waals surface area contributed by atoms with Gasteiger partial charge in [0, 0.05) is 19.2 Å². The smallest absolute Gasteiger partial charge is 0.372 e. The van der Waals surface area contributed by atoms with Crippen LogP contribution in [0.2, 0.25) is 0 Å². The van der Waals surface area contributed by atoms with Crippen LogP contribution in [0.15, 0.2) is 10.5 Å². The molecule has 20 heavy (non-hydrogen) atoms. The topological polar surface area (TPSA) is 82.8 Å². The van der Waals surface area contributed by atoms with Gasteiger partial charge in [0.15, 0.2) is 0 Å². The number of hydrogen-bond acceptors (Lipinski definition) is 4. The summed E-state index contributed by atoms with van der Waals surface area (Å²) in [5, 5.41) is 11.7. The minimum Gasteiger partial charge on any atom is -0.475 e. The van der Waals surface area contributed by atoms with Gasteiger partial charge in [-0.2, -0.15) is 0 Å². The summed E-state index contributed by atoms with van der Waals surface area (Å²) in [4.78, 5) is 24.9. The van der Waals surface area contributed by atoms with Crippen molar-refractivity contribution < 1.29 is 19.1 Å². The summed E-state index contributed by atoms with van der Waals surface area (Å²) in [5.74, 6) is -0.387. The molecule has 0 radical (unpaired) electrons. The zero-order chi connectivity index (χ0) is 14.9. The Kier molecular flexibility index (Phi) is 3.85. The molecule has 1 atom stereocenters. The summed E-state index contributed by atoms with van der Waals surface area (Å²) in [5.41, 5.74) is 0.243. The van der Waals surface area contributed by atoms with Crippen LogP contribution in [0.4, 0.5) is 0 Å². The van der Waals surface area contributed by atoms with E-state index < -0.39 is 5.97 Å². The molecule has 1 aliphatic heterocycles. The number of rotatable bonds is 4. The number of amides is 1. The molecule has 2 rings (SSSR count). The molecule has 2 N–H and O–H groups in total. The minimum atomic E-state index is -1.05. The first-order valence-corrected chi connectivity index (χ1v) is 6.63. The number of aromatic carboxylic acids is 1. The van der Waals surface area contributed by atoms with Crippen molar-refractivity contribution in [3.05, 3.63) is 23.2 Å². The first-order valence-electron chi connectivity index (χ1n) is 6.63. The molecular weight excluding hydrogens is 260 g/mol. The predicted octanol–water partition coefficient (Wildman–Crippen LogP) is 1.24. The van der Waals surface area contributed by atoms with Gasteiger partial charge in [0.1, 0.15) is 5.76 Å². The minimum absolute atomic E-state index is 0.00624. The van der Waals surface area contributed by atoms with Gasteiger partial charge in [0.05, 0.1) is 12.0 Å². The molecule has 2 heterocycles. The SMILES string of the molecule is CNC(=O)C1(C)CCN(Cc2cc(C)c(C(=O)O)o2)C1. The number of nitrogens with zero attached hydrogens (tertiary/aromatic N) is 1. The highest BCUT2D eigenvalue weighted by Gasteiger charge is 2.39. The zero-order valence-electron chi connectivity index (χ0n) is 12.0. The van der Waals surface area contributed by atoms with Crippen LogP contribution in [0, 0.1) is 12.3 Å².